The van der Waals surface area contributed by atoms with Gasteiger partial charge in [-0.3, -0.25) is 4.79 Å². The van der Waals surface area contributed by atoms with Crippen LogP contribution in [0.3, 0.4) is 0 Å². The van der Waals surface area contributed by atoms with Gasteiger partial charge in [-0.15, -0.1) is 0 Å². The van der Waals surface area contributed by atoms with Gasteiger partial charge >= 0.3 is 5.97 Å². The van der Waals surface area contributed by atoms with Crippen molar-refractivity contribution in [3.05, 3.63) is 53.5 Å². The van der Waals surface area contributed by atoms with E-state index in [0.29, 0.717) is 16.8 Å². The van der Waals surface area contributed by atoms with E-state index in [1.54, 1.807) is 19.1 Å². The minimum absolute atomic E-state index is 0.167. The topological polar surface area (TPSA) is 79.5 Å². The van der Waals surface area contributed by atoms with Crippen molar-refractivity contribution >= 4 is 17.6 Å². The highest BCUT2D eigenvalue weighted by Gasteiger charge is 2.11. The van der Waals surface area contributed by atoms with E-state index in [9.17, 15) is 9.59 Å². The third kappa shape index (κ3) is 2.40. The Morgan fingerprint density at radius 3 is 2.67 bits per heavy atom. The molecule has 0 aliphatic rings. The zero-order chi connectivity index (χ0) is 13.1. The van der Waals surface area contributed by atoms with Crippen molar-refractivity contribution in [3.63, 3.8) is 0 Å². The quantitative estimate of drug-likeness (QED) is 0.870. The number of amides is 1. The number of aromatic carboxylic acids is 1. The average molecular weight is 245 g/mol. The fraction of sp³-hybridized carbons (Fsp3) is 0.0769. The number of hydrogen-bond donors (Lipinski definition) is 2. The number of hydrogen-bond acceptors (Lipinski definition) is 3. The van der Waals surface area contributed by atoms with E-state index in [1.807, 2.05) is 0 Å². The van der Waals surface area contributed by atoms with Gasteiger partial charge in [-0.25, -0.2) is 4.79 Å². The Balaban J connectivity index is 2.22. The standard InChI is InChI=1S/C13H11NO4/c1-8-2-3-10(6-11(8)13(16)17)14-12(15)9-4-5-18-7-9/h2-7H,1H3,(H,14,15)(H,16,17). The number of carboxylic acid groups (broad SMARTS) is 1. The lowest BCUT2D eigenvalue weighted by molar-refractivity contribution is 0.0695. The molecule has 2 N–H and O–H groups in total. The molecule has 2 aromatic rings. The Bertz CT molecular complexity index is 587. The van der Waals surface area contributed by atoms with Crippen LogP contribution in [0.2, 0.25) is 0 Å². The van der Waals surface area contributed by atoms with Crippen LogP contribution in [0.5, 0.6) is 0 Å². The molecular formula is C13H11NO4. The molecule has 0 saturated heterocycles. The molecule has 1 heterocycles. The second kappa shape index (κ2) is 4.75. The maximum atomic E-state index is 11.7. The van der Waals surface area contributed by atoms with Crippen LogP contribution in [-0.2, 0) is 0 Å². The minimum Gasteiger partial charge on any atom is -0.478 e. The van der Waals surface area contributed by atoms with Gasteiger partial charge in [0, 0.05) is 5.69 Å². The van der Waals surface area contributed by atoms with Gasteiger partial charge in [0.25, 0.3) is 5.91 Å². The van der Waals surface area contributed by atoms with Crippen molar-refractivity contribution in [2.75, 3.05) is 5.32 Å². The number of anilines is 1. The van der Waals surface area contributed by atoms with Crippen LogP contribution in [0.15, 0.2) is 41.2 Å². The summed E-state index contributed by atoms with van der Waals surface area (Å²) in [6, 6.07) is 6.26. The molecule has 18 heavy (non-hydrogen) atoms. The lowest BCUT2D eigenvalue weighted by atomic mass is 10.1. The number of aryl methyl sites for hydroxylation is 1. The summed E-state index contributed by atoms with van der Waals surface area (Å²) in [7, 11) is 0. The molecule has 0 saturated carbocycles. The lowest BCUT2D eigenvalue weighted by Gasteiger charge is -2.06. The molecule has 1 aromatic heterocycles. The monoisotopic (exact) mass is 245 g/mol. The van der Waals surface area contributed by atoms with Crippen LogP contribution in [0, 0.1) is 6.92 Å². The van der Waals surface area contributed by atoms with Gasteiger partial charge in [-0.2, -0.15) is 0 Å². The predicted molar refractivity (Wildman–Crippen MR) is 64.8 cm³/mol. The van der Waals surface area contributed by atoms with Crippen LogP contribution in [0.4, 0.5) is 5.69 Å². The fourth-order valence-corrected chi connectivity index (χ4v) is 1.53. The summed E-state index contributed by atoms with van der Waals surface area (Å²) in [4.78, 5) is 22.7. The molecule has 2 rings (SSSR count). The summed E-state index contributed by atoms with van der Waals surface area (Å²) in [6.07, 6.45) is 2.72. The summed E-state index contributed by atoms with van der Waals surface area (Å²) >= 11 is 0. The molecule has 0 fully saturated rings. The molecular weight excluding hydrogens is 234 g/mol. The zero-order valence-corrected chi connectivity index (χ0v) is 9.64. The molecule has 0 bridgehead atoms. The predicted octanol–water partition coefficient (Wildman–Crippen LogP) is 2.54. The zero-order valence-electron chi connectivity index (χ0n) is 9.64. The Morgan fingerprint density at radius 2 is 2.06 bits per heavy atom. The van der Waals surface area contributed by atoms with E-state index in [4.69, 9.17) is 9.52 Å². The average Bonchev–Trinajstić information content (AvgIpc) is 2.85. The number of carboxylic acids is 1. The number of benzene rings is 1. The van der Waals surface area contributed by atoms with Crippen molar-refractivity contribution in [1.82, 2.24) is 0 Å². The normalized spacial score (nSPS) is 10.1. The molecule has 0 radical (unpaired) electrons. The van der Waals surface area contributed by atoms with Gasteiger partial charge in [-0.1, -0.05) is 6.07 Å². The molecule has 0 aliphatic carbocycles. The second-order valence-electron chi connectivity index (χ2n) is 3.80. The lowest BCUT2D eigenvalue weighted by Crippen LogP contribution is -2.11. The third-order valence-corrected chi connectivity index (χ3v) is 2.51. The molecule has 1 aromatic carbocycles. The van der Waals surface area contributed by atoms with E-state index in [-0.39, 0.29) is 11.5 Å². The Hall–Kier alpha value is -2.56. The van der Waals surface area contributed by atoms with Crippen molar-refractivity contribution in [1.29, 1.82) is 0 Å². The highest BCUT2D eigenvalue weighted by atomic mass is 16.4. The van der Waals surface area contributed by atoms with E-state index in [2.05, 4.69) is 5.32 Å². The molecule has 5 heteroatoms. The van der Waals surface area contributed by atoms with Gasteiger partial charge in [0.05, 0.1) is 17.4 Å². The first kappa shape index (κ1) is 11.9. The molecule has 0 atom stereocenters. The molecule has 0 aliphatic heterocycles. The second-order valence-corrected chi connectivity index (χ2v) is 3.80. The van der Waals surface area contributed by atoms with Crippen molar-refractivity contribution < 1.29 is 19.1 Å². The summed E-state index contributed by atoms with van der Waals surface area (Å²) in [6.45, 7) is 1.70. The molecule has 0 spiro atoms. The van der Waals surface area contributed by atoms with Gasteiger partial charge < -0.3 is 14.8 Å². The molecule has 5 nitrogen and oxygen atoms in total. The first-order chi connectivity index (χ1) is 8.58. The Kier molecular flexibility index (Phi) is 3.14. The number of furan rings is 1. The number of carbonyl (C=O) groups is 2. The van der Waals surface area contributed by atoms with Crippen LogP contribution < -0.4 is 5.32 Å². The third-order valence-electron chi connectivity index (χ3n) is 2.51. The van der Waals surface area contributed by atoms with Crippen LogP contribution in [0.1, 0.15) is 26.3 Å². The summed E-state index contributed by atoms with van der Waals surface area (Å²) in [5.74, 6) is -1.36. The minimum atomic E-state index is -1.02. The summed E-state index contributed by atoms with van der Waals surface area (Å²) in [5.41, 5.74) is 1.63. The van der Waals surface area contributed by atoms with Gasteiger partial charge in [-0.05, 0) is 30.7 Å². The number of rotatable bonds is 3. The van der Waals surface area contributed by atoms with E-state index < -0.39 is 5.97 Å². The largest absolute Gasteiger partial charge is 0.478 e. The smallest absolute Gasteiger partial charge is 0.336 e. The van der Waals surface area contributed by atoms with Gasteiger partial charge in [0.2, 0.25) is 0 Å². The van der Waals surface area contributed by atoms with E-state index >= 15 is 0 Å². The Labute approximate surface area is 103 Å². The molecule has 92 valence electrons. The Morgan fingerprint density at radius 1 is 1.28 bits per heavy atom. The molecule has 0 unspecified atom stereocenters. The molecule has 1 amide bonds. The first-order valence-electron chi connectivity index (χ1n) is 5.25. The van der Waals surface area contributed by atoms with Crippen molar-refractivity contribution in [2.45, 2.75) is 6.92 Å². The first-order valence-corrected chi connectivity index (χ1v) is 5.25. The maximum Gasteiger partial charge on any atom is 0.336 e. The van der Waals surface area contributed by atoms with Crippen LogP contribution >= 0.6 is 0 Å². The summed E-state index contributed by atoms with van der Waals surface area (Å²) < 4.78 is 4.80. The highest BCUT2D eigenvalue weighted by molar-refractivity contribution is 6.04. The number of carbonyl (C=O) groups excluding carboxylic acids is 1. The van der Waals surface area contributed by atoms with E-state index in [0.717, 1.165) is 0 Å². The van der Waals surface area contributed by atoms with Crippen LogP contribution in [0.25, 0.3) is 0 Å². The van der Waals surface area contributed by atoms with Crippen LogP contribution in [-0.4, -0.2) is 17.0 Å². The van der Waals surface area contributed by atoms with Crippen molar-refractivity contribution in [3.8, 4) is 0 Å². The van der Waals surface area contributed by atoms with Crippen molar-refractivity contribution in [2.24, 2.45) is 0 Å². The van der Waals surface area contributed by atoms with Gasteiger partial charge in [0.15, 0.2) is 0 Å². The fourth-order valence-electron chi connectivity index (χ4n) is 1.53. The van der Waals surface area contributed by atoms with E-state index in [1.165, 1.54) is 24.7 Å². The maximum absolute atomic E-state index is 11.7. The summed E-state index contributed by atoms with van der Waals surface area (Å²) in [5, 5.41) is 11.6. The number of nitrogens with one attached hydrogen (secondary N) is 1. The highest BCUT2D eigenvalue weighted by Crippen LogP contribution is 2.16. The SMILES string of the molecule is Cc1ccc(NC(=O)c2ccoc2)cc1C(=O)O. The van der Waals surface area contributed by atoms with Gasteiger partial charge in [0.1, 0.15) is 6.26 Å².